The second kappa shape index (κ2) is 12.8. The van der Waals surface area contributed by atoms with Crippen LogP contribution in [0.5, 0.6) is 0 Å². The minimum atomic E-state index is 0. The largest absolute Gasteiger partial charge is 0.0961 e. The van der Waals surface area contributed by atoms with Gasteiger partial charge in [0.1, 0.15) is 0 Å². The fourth-order valence-corrected chi connectivity index (χ4v) is 1.32. The predicted octanol–water partition coefficient (Wildman–Crippen LogP) is 6.25. The molecule has 0 saturated heterocycles. The number of hydrogen-bond acceptors (Lipinski definition) is 0. The van der Waals surface area contributed by atoms with Crippen LogP contribution in [-0.2, 0) is 0 Å². The lowest BCUT2D eigenvalue weighted by molar-refractivity contribution is 1.40. The van der Waals surface area contributed by atoms with Gasteiger partial charge in [0.2, 0.25) is 0 Å². The Morgan fingerprint density at radius 3 is 2.00 bits per heavy atom. The van der Waals surface area contributed by atoms with Gasteiger partial charge in [-0.1, -0.05) is 77.3 Å². The van der Waals surface area contributed by atoms with Crippen LogP contribution in [0.4, 0.5) is 0 Å². The monoisotopic (exact) mass is 234 g/mol. The van der Waals surface area contributed by atoms with Crippen LogP contribution in [0, 0.1) is 0 Å². The Morgan fingerprint density at radius 1 is 1.12 bits per heavy atom. The molecule has 0 heteroatoms. The molecule has 1 rings (SSSR count). The molecule has 0 spiro atoms. The van der Waals surface area contributed by atoms with Gasteiger partial charge in [0.05, 0.1) is 0 Å². The molecule has 0 atom stereocenters. The molecule has 0 fully saturated rings. The minimum absolute atomic E-state index is 0. The van der Waals surface area contributed by atoms with Crippen LogP contribution in [-0.4, -0.2) is 0 Å². The van der Waals surface area contributed by atoms with Gasteiger partial charge in [-0.2, -0.15) is 0 Å². The zero-order chi connectivity index (χ0) is 11.7. The van der Waals surface area contributed by atoms with E-state index in [0.717, 1.165) is 12.0 Å². The van der Waals surface area contributed by atoms with Crippen molar-refractivity contribution in [3.63, 3.8) is 0 Å². The molecular weight excluding hydrogens is 204 g/mol. The summed E-state index contributed by atoms with van der Waals surface area (Å²) in [5, 5.41) is 0. The lowest BCUT2D eigenvalue weighted by Gasteiger charge is -2.01. The summed E-state index contributed by atoms with van der Waals surface area (Å²) in [6.07, 6.45) is 13.9. The summed E-state index contributed by atoms with van der Waals surface area (Å²) in [6, 6.07) is 0. The standard InChI is InChI=1S/C13H16.C2H6.2CH4/c1-4-12-8-6-5-7-9-13(12)10-11(2)3;1-2;;/h4,6-10H,2,5H2,1,3H3;1-2H3;2*1H4/b12-4-,13-10-;;;. The SMILES string of the molecule is C.C.C=C(C)/C=C1/C=CCC=C/C1=C/C.CC. The van der Waals surface area contributed by atoms with Crippen molar-refractivity contribution in [2.24, 2.45) is 0 Å². The third-order valence-corrected chi connectivity index (χ3v) is 1.91. The fraction of sp³-hybridized carbons (Fsp3) is 0.412. The molecule has 0 radical (unpaired) electrons. The van der Waals surface area contributed by atoms with Gasteiger partial charge in [0, 0.05) is 0 Å². The number of rotatable bonds is 1. The summed E-state index contributed by atoms with van der Waals surface area (Å²) in [7, 11) is 0. The van der Waals surface area contributed by atoms with Crippen molar-refractivity contribution in [1.29, 1.82) is 0 Å². The van der Waals surface area contributed by atoms with E-state index in [9.17, 15) is 0 Å². The molecule has 17 heavy (non-hydrogen) atoms. The highest BCUT2D eigenvalue weighted by Gasteiger charge is 1.99. The Morgan fingerprint density at radius 2 is 1.59 bits per heavy atom. The van der Waals surface area contributed by atoms with Crippen molar-refractivity contribution < 1.29 is 0 Å². The molecule has 0 heterocycles. The molecule has 0 nitrogen and oxygen atoms in total. The Bertz CT molecular complexity index is 309. The maximum Gasteiger partial charge on any atom is -0.0162 e. The normalized spacial score (nSPS) is 17.4. The first kappa shape index (κ1) is 21.0. The van der Waals surface area contributed by atoms with Crippen molar-refractivity contribution in [2.75, 3.05) is 0 Å². The van der Waals surface area contributed by atoms with E-state index < -0.39 is 0 Å². The molecule has 98 valence electrons. The van der Waals surface area contributed by atoms with E-state index in [1.54, 1.807) is 0 Å². The highest BCUT2D eigenvalue weighted by molar-refractivity contribution is 5.50. The highest BCUT2D eigenvalue weighted by Crippen LogP contribution is 2.18. The molecule has 1 aliphatic rings. The molecule has 1 aliphatic carbocycles. The van der Waals surface area contributed by atoms with Crippen LogP contribution >= 0.6 is 0 Å². The van der Waals surface area contributed by atoms with E-state index in [1.807, 2.05) is 20.8 Å². The van der Waals surface area contributed by atoms with E-state index in [0.29, 0.717) is 0 Å². The third-order valence-electron chi connectivity index (χ3n) is 1.91. The van der Waals surface area contributed by atoms with E-state index in [4.69, 9.17) is 0 Å². The quantitative estimate of drug-likeness (QED) is 0.503. The van der Waals surface area contributed by atoms with Gasteiger partial charge < -0.3 is 0 Å². The highest BCUT2D eigenvalue weighted by atomic mass is 14.0. The lowest BCUT2D eigenvalue weighted by Crippen LogP contribution is -1.82. The van der Waals surface area contributed by atoms with Crippen LogP contribution in [0.2, 0.25) is 0 Å². The summed E-state index contributed by atoms with van der Waals surface area (Å²) in [5.74, 6) is 0. The van der Waals surface area contributed by atoms with Gasteiger partial charge in [0.15, 0.2) is 0 Å². The van der Waals surface area contributed by atoms with Crippen LogP contribution in [0.25, 0.3) is 0 Å². The first-order valence-electron chi connectivity index (χ1n) is 5.61. The first-order valence-corrected chi connectivity index (χ1v) is 5.61. The van der Waals surface area contributed by atoms with Crippen molar-refractivity contribution in [2.45, 2.75) is 49.0 Å². The Labute approximate surface area is 109 Å². The summed E-state index contributed by atoms with van der Waals surface area (Å²) >= 11 is 0. The average Bonchev–Trinajstić information content (AvgIpc) is 2.45. The summed E-state index contributed by atoms with van der Waals surface area (Å²) in [6.45, 7) is 12.0. The molecule has 0 unspecified atom stereocenters. The summed E-state index contributed by atoms with van der Waals surface area (Å²) in [4.78, 5) is 0. The molecular formula is C17H30. The summed E-state index contributed by atoms with van der Waals surface area (Å²) < 4.78 is 0. The van der Waals surface area contributed by atoms with E-state index in [-0.39, 0.29) is 14.9 Å². The van der Waals surface area contributed by atoms with Gasteiger partial charge in [-0.3, -0.25) is 0 Å². The maximum atomic E-state index is 3.89. The Kier molecular flexibility index (Phi) is 15.8. The van der Waals surface area contributed by atoms with Crippen LogP contribution < -0.4 is 0 Å². The lowest BCUT2D eigenvalue weighted by atomic mass is 10.0. The third kappa shape index (κ3) is 8.50. The number of hydrogen-bond donors (Lipinski definition) is 0. The first-order chi connectivity index (χ1) is 7.24. The number of allylic oxidation sites excluding steroid dienone is 9. The molecule has 0 saturated carbocycles. The Hall–Kier alpha value is -1.30. The second-order valence-electron chi connectivity index (χ2n) is 3.23. The van der Waals surface area contributed by atoms with Crippen molar-refractivity contribution in [3.05, 3.63) is 59.8 Å². The topological polar surface area (TPSA) is 0 Å². The molecule has 0 aromatic carbocycles. The smallest absolute Gasteiger partial charge is 0.0162 e. The van der Waals surface area contributed by atoms with Gasteiger partial charge in [-0.25, -0.2) is 0 Å². The zero-order valence-corrected chi connectivity index (χ0v) is 10.4. The van der Waals surface area contributed by atoms with Gasteiger partial charge in [-0.05, 0) is 31.4 Å². The van der Waals surface area contributed by atoms with E-state index in [2.05, 4.69) is 50.0 Å². The minimum Gasteiger partial charge on any atom is -0.0961 e. The zero-order valence-electron chi connectivity index (χ0n) is 10.4. The van der Waals surface area contributed by atoms with Crippen LogP contribution in [0.15, 0.2) is 59.8 Å². The predicted molar refractivity (Wildman–Crippen MR) is 84.4 cm³/mol. The molecule has 0 amide bonds. The second-order valence-corrected chi connectivity index (χ2v) is 3.23. The molecule has 0 aromatic heterocycles. The Balaban J connectivity index is -0.000000464. The molecule has 0 bridgehead atoms. The van der Waals surface area contributed by atoms with E-state index >= 15 is 0 Å². The summed E-state index contributed by atoms with van der Waals surface area (Å²) in [5.41, 5.74) is 3.62. The van der Waals surface area contributed by atoms with Gasteiger partial charge in [-0.15, -0.1) is 0 Å². The van der Waals surface area contributed by atoms with E-state index in [1.165, 1.54) is 11.1 Å². The van der Waals surface area contributed by atoms with Crippen molar-refractivity contribution in [1.82, 2.24) is 0 Å². The van der Waals surface area contributed by atoms with Crippen LogP contribution in [0.3, 0.4) is 0 Å². The van der Waals surface area contributed by atoms with Crippen molar-refractivity contribution in [3.8, 4) is 0 Å². The van der Waals surface area contributed by atoms with Crippen molar-refractivity contribution >= 4 is 0 Å². The fourth-order valence-electron chi connectivity index (χ4n) is 1.32. The van der Waals surface area contributed by atoms with Gasteiger partial charge >= 0.3 is 0 Å². The van der Waals surface area contributed by atoms with Crippen LogP contribution in [0.1, 0.15) is 49.0 Å². The average molecular weight is 234 g/mol. The molecule has 0 aliphatic heterocycles. The molecule has 0 N–H and O–H groups in total. The van der Waals surface area contributed by atoms with Gasteiger partial charge in [0.25, 0.3) is 0 Å². The maximum absolute atomic E-state index is 3.89. The molecule has 0 aromatic rings.